The molecule has 0 saturated carbocycles. The number of piperidine rings is 2. The molecule has 0 spiro atoms. The van der Waals surface area contributed by atoms with Gasteiger partial charge in [0.1, 0.15) is 5.82 Å². The minimum atomic E-state index is -4.22. The first-order valence-electron chi connectivity index (χ1n) is 22.5. The van der Waals surface area contributed by atoms with E-state index in [9.17, 15) is 26.4 Å². The third-order valence-electron chi connectivity index (χ3n) is 15.2. The number of aromatic nitrogens is 3. The molecular formula is C44H51N9O6S3. The summed E-state index contributed by atoms with van der Waals surface area (Å²) >= 11 is 1.20. The normalized spacial score (nSPS) is 25.3. The first-order valence-corrected chi connectivity index (χ1v) is 26.3. The molecule has 3 atom stereocenters. The highest BCUT2D eigenvalue weighted by atomic mass is 32.2. The highest BCUT2D eigenvalue weighted by Gasteiger charge is 2.43. The van der Waals surface area contributed by atoms with Gasteiger partial charge in [-0.05, 0) is 165 Å². The van der Waals surface area contributed by atoms with Gasteiger partial charge in [-0.1, -0.05) is 6.07 Å². The van der Waals surface area contributed by atoms with E-state index in [1.165, 1.54) is 39.2 Å². The molecule has 4 bridgehead atoms. The number of fused-ring (bicyclic) bond motifs is 8. The van der Waals surface area contributed by atoms with Gasteiger partial charge in [-0.2, -0.15) is 16.8 Å². The van der Waals surface area contributed by atoms with Crippen molar-refractivity contribution < 1.29 is 26.4 Å². The van der Waals surface area contributed by atoms with Gasteiger partial charge in [0.05, 0.1) is 12.2 Å². The van der Waals surface area contributed by atoms with Gasteiger partial charge in [0, 0.05) is 54.2 Å². The van der Waals surface area contributed by atoms with Gasteiger partial charge < -0.3 is 15.2 Å². The summed E-state index contributed by atoms with van der Waals surface area (Å²) < 4.78 is 61.2. The number of hydrogen-bond donors (Lipinski definition) is 4. The summed E-state index contributed by atoms with van der Waals surface area (Å²) in [5, 5.41) is 5.87. The van der Waals surface area contributed by atoms with Crippen molar-refractivity contribution in [2.24, 2.45) is 0 Å². The maximum atomic E-state index is 13.8. The molecule has 4 aromatic rings. The number of sulfonamides is 2. The molecule has 2 aromatic heterocycles. The number of anilines is 2. The zero-order valence-electron chi connectivity index (χ0n) is 34.6. The number of benzene rings is 2. The van der Waals surface area contributed by atoms with Gasteiger partial charge in [0.25, 0.3) is 20.0 Å². The van der Waals surface area contributed by atoms with Crippen LogP contribution in [0.15, 0.2) is 21.6 Å². The van der Waals surface area contributed by atoms with Crippen LogP contribution in [0.5, 0.6) is 0 Å². The first-order chi connectivity index (χ1) is 30.0. The first kappa shape index (κ1) is 39.2. The Balaban J connectivity index is 0.777. The number of nitrogens with zero attached hydrogens (tertiary/aromatic N) is 5. The second-order valence-corrected chi connectivity index (χ2v) is 23.2. The van der Waals surface area contributed by atoms with E-state index in [0.29, 0.717) is 13.1 Å². The van der Waals surface area contributed by atoms with Crippen LogP contribution in [0.2, 0.25) is 0 Å². The lowest BCUT2D eigenvalue weighted by Gasteiger charge is -2.39. The molecule has 0 radical (unpaired) electrons. The molecule has 4 N–H and O–H groups in total. The molecule has 18 heteroatoms. The number of urea groups is 2. The minimum absolute atomic E-state index is 0.0723. The summed E-state index contributed by atoms with van der Waals surface area (Å²) in [5.41, 5.74) is 13.2. The second kappa shape index (κ2) is 14.6. The molecule has 2 aromatic carbocycles. The number of thiazole rings is 1. The molecule has 8 heterocycles. The number of imidazole rings is 1. The average Bonchev–Trinajstić information content (AvgIpc) is 4.10. The number of carbonyl (C=O) groups excluding carboxylic acids is 2. The number of carbonyl (C=O) groups is 2. The molecule has 15 nitrogen and oxygen atoms in total. The third-order valence-corrected chi connectivity index (χ3v) is 19.3. The summed E-state index contributed by atoms with van der Waals surface area (Å²) in [5.74, 6) is 0.841. The van der Waals surface area contributed by atoms with E-state index in [1.54, 1.807) is 6.20 Å². The summed E-state index contributed by atoms with van der Waals surface area (Å²) in [7, 11) is -8.42. The molecule has 326 valence electrons. The monoisotopic (exact) mass is 897 g/mol. The largest absolute Gasteiger partial charge is 0.333 e. The Morgan fingerprint density at radius 3 is 1.95 bits per heavy atom. The Labute approximate surface area is 365 Å². The van der Waals surface area contributed by atoms with E-state index < -0.39 is 32.1 Å². The SMILES string of the molecule is O=C(Nc1c2c(c(C3CC4CCN3Cc3nc(S(=O)(=O)NC(=O)Nc5c6c(cc7c5CCC7)CCC6)sc34)c3c1CCC3)CCC2)NS(=O)(=O)c1cn2c(n1)CN1CCC2CC1. The average molecular weight is 898 g/mol. The lowest BCUT2D eigenvalue weighted by atomic mass is 9.81. The van der Waals surface area contributed by atoms with Crippen molar-refractivity contribution in [3.63, 3.8) is 0 Å². The minimum Gasteiger partial charge on any atom is -0.329 e. The number of amides is 4. The van der Waals surface area contributed by atoms with Crippen LogP contribution in [0.25, 0.3) is 0 Å². The molecule has 4 aliphatic carbocycles. The summed E-state index contributed by atoms with van der Waals surface area (Å²) in [6.07, 6.45) is 16.3. The van der Waals surface area contributed by atoms with Crippen molar-refractivity contribution in [2.75, 3.05) is 30.3 Å². The van der Waals surface area contributed by atoms with E-state index in [0.717, 1.165) is 172 Å². The molecule has 62 heavy (non-hydrogen) atoms. The summed E-state index contributed by atoms with van der Waals surface area (Å²) in [4.78, 5) is 42.0. The van der Waals surface area contributed by atoms with Crippen LogP contribution in [0, 0.1) is 0 Å². The molecule has 4 amide bonds. The van der Waals surface area contributed by atoms with Crippen molar-refractivity contribution in [3.8, 4) is 0 Å². The van der Waals surface area contributed by atoms with Crippen LogP contribution in [0.3, 0.4) is 0 Å². The quantitative estimate of drug-likeness (QED) is 0.174. The molecular weight excluding hydrogens is 847 g/mol. The summed E-state index contributed by atoms with van der Waals surface area (Å²) in [6, 6.07) is 1.10. The van der Waals surface area contributed by atoms with Crippen LogP contribution in [0.4, 0.5) is 21.0 Å². The fraction of sp³-hybridized carbons (Fsp3) is 0.545. The zero-order chi connectivity index (χ0) is 42.1. The lowest BCUT2D eigenvalue weighted by Crippen LogP contribution is -2.36. The van der Waals surface area contributed by atoms with Crippen LogP contribution in [-0.4, -0.2) is 72.9 Å². The Bertz CT molecular complexity index is 2760. The molecule has 10 aliphatic rings. The van der Waals surface area contributed by atoms with Gasteiger partial charge in [-0.15, -0.1) is 11.3 Å². The maximum Gasteiger partial charge on any atom is 0.333 e. The van der Waals surface area contributed by atoms with E-state index in [-0.39, 0.29) is 27.4 Å². The maximum absolute atomic E-state index is 13.8. The van der Waals surface area contributed by atoms with Crippen LogP contribution < -0.4 is 20.1 Å². The van der Waals surface area contributed by atoms with E-state index in [4.69, 9.17) is 4.98 Å². The smallest absolute Gasteiger partial charge is 0.329 e. The van der Waals surface area contributed by atoms with Crippen molar-refractivity contribution in [3.05, 3.63) is 78.7 Å². The third kappa shape index (κ3) is 6.44. The Hall–Kier alpha value is -4.36. The van der Waals surface area contributed by atoms with Crippen molar-refractivity contribution in [1.82, 2.24) is 33.8 Å². The van der Waals surface area contributed by atoms with Gasteiger partial charge in [0.15, 0.2) is 5.03 Å². The number of rotatable bonds is 7. The zero-order valence-corrected chi connectivity index (χ0v) is 37.1. The molecule has 3 unspecified atom stereocenters. The second-order valence-electron chi connectivity index (χ2n) is 18.7. The lowest BCUT2D eigenvalue weighted by molar-refractivity contribution is 0.137. The van der Waals surface area contributed by atoms with Crippen molar-refractivity contribution in [2.45, 2.75) is 143 Å². The number of hydrogen-bond acceptors (Lipinski definition) is 11. The number of aryl methyl sites for hydroxylation is 2. The Morgan fingerprint density at radius 2 is 1.27 bits per heavy atom. The highest BCUT2D eigenvalue weighted by Crippen LogP contribution is 2.52. The Morgan fingerprint density at radius 1 is 0.677 bits per heavy atom. The van der Waals surface area contributed by atoms with Crippen molar-refractivity contribution >= 4 is 54.8 Å². The van der Waals surface area contributed by atoms with Crippen molar-refractivity contribution in [1.29, 1.82) is 0 Å². The standard InChI is InChI=1S/C44H51N9O6S3/c54-42(49-61(56,57)37-23-53-27-14-16-51(17-15-27)22-36(53)46-37)48-40-32-11-3-9-30(32)38(31-10-4-12-33(31)40)35-20-26-13-18-52(35)21-34-41(26)60-44(45-34)62(58,59)50-43(55)47-39-28-7-1-5-24(28)19-25-6-2-8-29(25)39/h19,23,26-27,35H,1-18,20-22H2,(H2,47,50,55)(H2,48,49,54). The van der Waals surface area contributed by atoms with Crippen LogP contribution in [0.1, 0.15) is 136 Å². The number of nitrogens with one attached hydrogen (secondary N) is 4. The Kier molecular flexibility index (Phi) is 9.23. The molecule has 6 aliphatic heterocycles. The van der Waals surface area contributed by atoms with E-state index >= 15 is 0 Å². The van der Waals surface area contributed by atoms with Gasteiger partial charge in [-0.3, -0.25) is 9.80 Å². The fourth-order valence-corrected chi connectivity index (χ4v) is 15.8. The van der Waals surface area contributed by atoms with Gasteiger partial charge in [0.2, 0.25) is 4.34 Å². The predicted molar refractivity (Wildman–Crippen MR) is 233 cm³/mol. The topological polar surface area (TPSA) is 188 Å². The molecule has 2 fully saturated rings. The van der Waals surface area contributed by atoms with Crippen LogP contribution >= 0.6 is 11.3 Å². The molecule has 14 rings (SSSR count). The van der Waals surface area contributed by atoms with E-state index in [2.05, 4.69) is 40.9 Å². The summed E-state index contributed by atoms with van der Waals surface area (Å²) in [6.45, 7) is 3.92. The van der Waals surface area contributed by atoms with Gasteiger partial charge in [-0.25, -0.2) is 29.0 Å². The molecule has 2 saturated heterocycles. The fourth-order valence-electron chi connectivity index (χ4n) is 12.5. The van der Waals surface area contributed by atoms with E-state index in [1.807, 2.05) is 4.57 Å². The highest BCUT2D eigenvalue weighted by molar-refractivity contribution is 7.92. The van der Waals surface area contributed by atoms with Gasteiger partial charge >= 0.3 is 12.1 Å². The van der Waals surface area contributed by atoms with Crippen LogP contribution in [-0.2, 0) is 84.5 Å². The predicted octanol–water partition coefficient (Wildman–Crippen LogP) is 5.90.